The van der Waals surface area contributed by atoms with E-state index >= 15 is 0 Å². The van der Waals surface area contributed by atoms with Gasteiger partial charge in [-0.2, -0.15) is 0 Å². The molecule has 2 saturated carbocycles. The molecule has 0 bridgehead atoms. The molecule has 1 heteroatoms. The highest BCUT2D eigenvalue weighted by Gasteiger charge is 2.51. The van der Waals surface area contributed by atoms with E-state index in [9.17, 15) is 0 Å². The summed E-state index contributed by atoms with van der Waals surface area (Å²) in [6.45, 7) is 1.23. The van der Waals surface area contributed by atoms with E-state index in [1.165, 1.54) is 19.4 Å². The van der Waals surface area contributed by atoms with E-state index in [0.29, 0.717) is 0 Å². The van der Waals surface area contributed by atoms with Crippen molar-refractivity contribution in [2.45, 2.75) is 25.7 Å². The smallest absolute Gasteiger partial charge is 0.00491 e. The predicted molar refractivity (Wildman–Crippen MR) is 42.9 cm³/mol. The molecule has 58 valence electrons. The molecule has 0 radical (unpaired) electrons. The minimum Gasteiger partial charge on any atom is -0.320 e. The second kappa shape index (κ2) is 2.54. The fourth-order valence-electron chi connectivity index (χ4n) is 2.71. The van der Waals surface area contributed by atoms with Gasteiger partial charge in [0.25, 0.3) is 0 Å². The monoisotopic (exact) mass is 139 g/mol. The molecule has 0 heterocycles. The maximum atomic E-state index is 3.23. The van der Waals surface area contributed by atoms with Crippen molar-refractivity contribution in [1.82, 2.24) is 5.32 Å². The standard InChI is InChI=1S/C9H17N/c1-10-6-5-9-7-3-2-4-8(7)9/h7-10H,2-6H2,1H3/t7-,8+,9?. The summed E-state index contributed by atoms with van der Waals surface area (Å²) in [6, 6.07) is 0. The van der Waals surface area contributed by atoms with Crippen LogP contribution in [-0.4, -0.2) is 13.6 Å². The van der Waals surface area contributed by atoms with Gasteiger partial charge in [0, 0.05) is 0 Å². The number of hydrogen-bond acceptors (Lipinski definition) is 1. The zero-order valence-electron chi connectivity index (χ0n) is 6.77. The molecule has 2 aliphatic rings. The maximum Gasteiger partial charge on any atom is -0.00491 e. The first-order valence-corrected chi connectivity index (χ1v) is 4.58. The summed E-state index contributed by atoms with van der Waals surface area (Å²) in [4.78, 5) is 0. The summed E-state index contributed by atoms with van der Waals surface area (Å²) >= 11 is 0. The van der Waals surface area contributed by atoms with E-state index in [4.69, 9.17) is 0 Å². The Labute approximate surface area is 63.2 Å². The molecule has 2 fully saturated rings. The van der Waals surface area contributed by atoms with Crippen LogP contribution in [0.1, 0.15) is 25.7 Å². The lowest BCUT2D eigenvalue weighted by Gasteiger charge is -2.00. The summed E-state index contributed by atoms with van der Waals surface area (Å²) in [5, 5.41) is 3.23. The molecule has 2 aliphatic carbocycles. The highest BCUT2D eigenvalue weighted by Crippen LogP contribution is 2.58. The molecule has 0 aromatic heterocycles. The van der Waals surface area contributed by atoms with Gasteiger partial charge in [0.2, 0.25) is 0 Å². The highest BCUT2D eigenvalue weighted by molar-refractivity contribution is 5.00. The van der Waals surface area contributed by atoms with Gasteiger partial charge in [-0.25, -0.2) is 0 Å². The van der Waals surface area contributed by atoms with E-state index in [1.54, 1.807) is 12.8 Å². The van der Waals surface area contributed by atoms with Gasteiger partial charge in [-0.05, 0) is 50.6 Å². The molecule has 0 aromatic rings. The Morgan fingerprint density at radius 3 is 2.60 bits per heavy atom. The second-order valence-electron chi connectivity index (χ2n) is 3.81. The van der Waals surface area contributed by atoms with E-state index in [1.807, 2.05) is 0 Å². The van der Waals surface area contributed by atoms with Gasteiger partial charge in [0.1, 0.15) is 0 Å². The van der Waals surface area contributed by atoms with Crippen LogP contribution in [0, 0.1) is 17.8 Å². The number of fused-ring (bicyclic) bond motifs is 1. The normalized spacial score (nSPS) is 43.5. The van der Waals surface area contributed by atoms with Gasteiger partial charge in [-0.15, -0.1) is 0 Å². The van der Waals surface area contributed by atoms with Gasteiger partial charge in [-0.3, -0.25) is 0 Å². The Hall–Kier alpha value is -0.0400. The Balaban J connectivity index is 1.69. The molecule has 0 aliphatic heterocycles. The SMILES string of the molecule is CNCCC1[C@H]2CCC[C@@H]12. The van der Waals surface area contributed by atoms with Crippen LogP contribution in [0.15, 0.2) is 0 Å². The molecule has 0 spiro atoms. The second-order valence-corrected chi connectivity index (χ2v) is 3.81. The fourth-order valence-corrected chi connectivity index (χ4v) is 2.71. The van der Waals surface area contributed by atoms with Crippen LogP contribution in [-0.2, 0) is 0 Å². The summed E-state index contributed by atoms with van der Waals surface area (Å²) in [5.74, 6) is 3.45. The quantitative estimate of drug-likeness (QED) is 0.627. The van der Waals surface area contributed by atoms with E-state index in [2.05, 4.69) is 12.4 Å². The molecule has 10 heavy (non-hydrogen) atoms. The molecule has 2 rings (SSSR count). The third-order valence-electron chi connectivity index (χ3n) is 3.31. The first-order chi connectivity index (χ1) is 4.93. The van der Waals surface area contributed by atoms with E-state index in [0.717, 1.165) is 17.8 Å². The third kappa shape index (κ3) is 0.968. The molecule has 0 saturated heterocycles. The maximum absolute atomic E-state index is 3.23. The van der Waals surface area contributed by atoms with Crippen molar-refractivity contribution < 1.29 is 0 Å². The van der Waals surface area contributed by atoms with Crippen LogP contribution < -0.4 is 5.32 Å². The first-order valence-electron chi connectivity index (χ1n) is 4.58. The van der Waals surface area contributed by atoms with Crippen LogP contribution in [0.2, 0.25) is 0 Å². The zero-order valence-corrected chi connectivity index (χ0v) is 6.77. The molecular weight excluding hydrogens is 122 g/mol. The van der Waals surface area contributed by atoms with E-state index < -0.39 is 0 Å². The molecule has 1 N–H and O–H groups in total. The van der Waals surface area contributed by atoms with Gasteiger partial charge >= 0.3 is 0 Å². The van der Waals surface area contributed by atoms with Crippen LogP contribution in [0.4, 0.5) is 0 Å². The molecule has 1 unspecified atom stereocenters. The van der Waals surface area contributed by atoms with Crippen LogP contribution in [0.3, 0.4) is 0 Å². The van der Waals surface area contributed by atoms with Crippen molar-refractivity contribution >= 4 is 0 Å². The highest BCUT2D eigenvalue weighted by atomic mass is 14.8. The average Bonchev–Trinajstić information content (AvgIpc) is 2.46. The zero-order chi connectivity index (χ0) is 6.97. The van der Waals surface area contributed by atoms with Crippen LogP contribution in [0.25, 0.3) is 0 Å². The van der Waals surface area contributed by atoms with Crippen molar-refractivity contribution in [3.05, 3.63) is 0 Å². The Kier molecular flexibility index (Phi) is 1.69. The molecule has 0 amide bonds. The van der Waals surface area contributed by atoms with Crippen molar-refractivity contribution in [3.63, 3.8) is 0 Å². The largest absolute Gasteiger partial charge is 0.320 e. The Morgan fingerprint density at radius 2 is 2.00 bits per heavy atom. The van der Waals surface area contributed by atoms with Gasteiger partial charge < -0.3 is 5.32 Å². The molecule has 0 aromatic carbocycles. The summed E-state index contributed by atoms with van der Waals surface area (Å²) in [5.41, 5.74) is 0. The van der Waals surface area contributed by atoms with Gasteiger partial charge in [0.15, 0.2) is 0 Å². The van der Waals surface area contributed by atoms with Crippen LogP contribution >= 0.6 is 0 Å². The average molecular weight is 139 g/mol. The van der Waals surface area contributed by atoms with Crippen molar-refractivity contribution in [1.29, 1.82) is 0 Å². The lowest BCUT2D eigenvalue weighted by molar-refractivity contribution is 0.538. The minimum atomic E-state index is 1.13. The van der Waals surface area contributed by atoms with Crippen LogP contribution in [0.5, 0.6) is 0 Å². The fraction of sp³-hybridized carbons (Fsp3) is 1.00. The summed E-state index contributed by atoms with van der Waals surface area (Å²) < 4.78 is 0. The van der Waals surface area contributed by atoms with E-state index in [-0.39, 0.29) is 0 Å². The van der Waals surface area contributed by atoms with Crippen molar-refractivity contribution in [2.75, 3.05) is 13.6 Å². The van der Waals surface area contributed by atoms with Gasteiger partial charge in [-0.1, -0.05) is 6.42 Å². The number of nitrogens with one attached hydrogen (secondary N) is 1. The molecular formula is C9H17N. The van der Waals surface area contributed by atoms with Crippen molar-refractivity contribution in [2.24, 2.45) is 17.8 Å². The summed E-state index contributed by atoms with van der Waals surface area (Å²) in [7, 11) is 2.05. The van der Waals surface area contributed by atoms with Crippen molar-refractivity contribution in [3.8, 4) is 0 Å². The lowest BCUT2D eigenvalue weighted by Crippen LogP contribution is -2.09. The topological polar surface area (TPSA) is 12.0 Å². The lowest BCUT2D eigenvalue weighted by atomic mass is 10.1. The predicted octanol–water partition coefficient (Wildman–Crippen LogP) is 1.64. The Bertz CT molecular complexity index is 112. The summed E-state index contributed by atoms with van der Waals surface area (Å²) in [6.07, 6.45) is 6.04. The van der Waals surface area contributed by atoms with Gasteiger partial charge in [0.05, 0.1) is 0 Å². The molecule has 1 nitrogen and oxygen atoms in total. The minimum absolute atomic E-state index is 1.13. The number of rotatable bonds is 3. The number of hydrogen-bond donors (Lipinski definition) is 1. The third-order valence-corrected chi connectivity index (χ3v) is 3.31. The first kappa shape index (κ1) is 6.66. The molecule has 3 atom stereocenters. The Morgan fingerprint density at radius 1 is 1.30 bits per heavy atom.